The van der Waals surface area contributed by atoms with Crippen LogP contribution in [0.3, 0.4) is 0 Å². The maximum atomic E-state index is 11.8. The van der Waals surface area contributed by atoms with Crippen LogP contribution in [0.5, 0.6) is 0 Å². The fourth-order valence-corrected chi connectivity index (χ4v) is 3.49. The first-order valence-electron chi connectivity index (χ1n) is 7.90. The number of aryl methyl sites for hydroxylation is 1. The second kappa shape index (κ2) is 6.11. The second-order valence-corrected chi connectivity index (χ2v) is 7.15. The molecule has 6 heteroatoms. The summed E-state index contributed by atoms with van der Waals surface area (Å²) in [6.45, 7) is 2.57. The Kier molecular flexibility index (Phi) is 3.94. The highest BCUT2D eigenvalue weighted by Crippen LogP contribution is 2.24. The Morgan fingerprint density at radius 3 is 3.00 bits per heavy atom. The van der Waals surface area contributed by atoms with E-state index in [0.29, 0.717) is 0 Å². The molecule has 0 saturated heterocycles. The normalized spacial score (nSPS) is 14.8. The zero-order valence-electron chi connectivity index (χ0n) is 13.4. The topological polar surface area (TPSA) is 51.0 Å². The largest absolute Gasteiger partial charge is 0.319 e. The van der Waals surface area contributed by atoms with E-state index in [1.54, 1.807) is 23.9 Å². The quantitative estimate of drug-likeness (QED) is 0.681. The lowest BCUT2D eigenvalue weighted by molar-refractivity contribution is 0.243. The lowest BCUT2D eigenvalue weighted by Crippen LogP contribution is -2.31. The Morgan fingerprint density at radius 2 is 2.17 bits per heavy atom. The van der Waals surface area contributed by atoms with Crippen LogP contribution in [0.2, 0.25) is 0 Å². The lowest BCUT2D eigenvalue weighted by atomic mass is 10.0. The van der Waals surface area contributed by atoms with Crippen LogP contribution in [-0.4, -0.2) is 26.0 Å². The fourth-order valence-electron chi connectivity index (χ4n) is 3.14. The molecule has 0 bridgehead atoms. The van der Waals surface area contributed by atoms with Gasteiger partial charge in [-0.3, -0.25) is 9.69 Å². The van der Waals surface area contributed by atoms with Crippen LogP contribution in [0.25, 0.3) is 11.0 Å². The molecule has 1 aliphatic rings. The molecule has 4 rings (SSSR count). The summed E-state index contributed by atoms with van der Waals surface area (Å²) in [5.41, 5.74) is 4.28. The summed E-state index contributed by atoms with van der Waals surface area (Å²) in [7, 11) is 1.77. The molecule has 3 aromatic rings. The third-order valence-corrected chi connectivity index (χ3v) is 4.87. The predicted octanol–water partition coefficient (Wildman–Crippen LogP) is 2.65. The van der Waals surface area contributed by atoms with Gasteiger partial charge in [-0.2, -0.15) is 0 Å². The molecular weight excluding hydrogens is 368 g/mol. The van der Waals surface area contributed by atoms with Gasteiger partial charge in [0.2, 0.25) is 0 Å². The Balaban J connectivity index is 1.60. The summed E-state index contributed by atoms with van der Waals surface area (Å²) >= 11 is 3.46. The minimum Gasteiger partial charge on any atom is -0.319 e. The van der Waals surface area contributed by atoms with Crippen molar-refractivity contribution >= 4 is 27.0 Å². The third kappa shape index (κ3) is 2.99. The van der Waals surface area contributed by atoms with Crippen molar-refractivity contribution in [1.29, 1.82) is 0 Å². The van der Waals surface area contributed by atoms with Crippen molar-refractivity contribution in [3.63, 3.8) is 0 Å². The van der Waals surface area contributed by atoms with Gasteiger partial charge >= 0.3 is 0 Å². The summed E-state index contributed by atoms with van der Waals surface area (Å²) in [5, 5.41) is 1.05. The Morgan fingerprint density at radius 1 is 1.29 bits per heavy atom. The van der Waals surface area contributed by atoms with Crippen molar-refractivity contribution in [3.8, 4) is 0 Å². The molecule has 122 valence electrons. The monoisotopic (exact) mass is 384 g/mol. The van der Waals surface area contributed by atoms with Crippen LogP contribution in [0.4, 0.5) is 0 Å². The van der Waals surface area contributed by atoms with Crippen molar-refractivity contribution in [2.24, 2.45) is 7.05 Å². The van der Waals surface area contributed by atoms with Crippen molar-refractivity contribution in [2.75, 3.05) is 6.54 Å². The Labute approximate surface area is 148 Å². The molecule has 3 aromatic heterocycles. The van der Waals surface area contributed by atoms with Crippen LogP contribution in [0.1, 0.15) is 16.8 Å². The van der Waals surface area contributed by atoms with Crippen LogP contribution >= 0.6 is 15.9 Å². The first-order valence-corrected chi connectivity index (χ1v) is 8.70. The summed E-state index contributed by atoms with van der Waals surface area (Å²) in [6.07, 6.45) is 4.52. The maximum Gasteiger partial charge on any atom is 0.250 e. The Hall–Kier alpha value is -2.05. The highest BCUT2D eigenvalue weighted by molar-refractivity contribution is 9.10. The van der Waals surface area contributed by atoms with E-state index in [0.717, 1.165) is 52.8 Å². The SMILES string of the molecule is Cn1ccc(CN2CCc3nc4ncc(Br)cc4cc3C2)cc1=O. The standard InChI is InChI=1S/C18H17BrN4O/c1-22-4-2-12(6-17(22)24)10-23-5-3-16-14(11-23)7-13-8-15(19)9-20-18(13)21-16/h2,4,6-9H,3,5,10-11H2,1H3. The summed E-state index contributed by atoms with van der Waals surface area (Å²) in [4.78, 5) is 23.2. The lowest BCUT2D eigenvalue weighted by Gasteiger charge is -2.28. The molecule has 0 spiro atoms. The molecular formula is C18H17BrN4O. The van der Waals surface area contributed by atoms with E-state index in [4.69, 9.17) is 4.98 Å². The van der Waals surface area contributed by atoms with Gasteiger partial charge in [0.25, 0.3) is 5.56 Å². The van der Waals surface area contributed by atoms with Gasteiger partial charge in [0.05, 0.1) is 0 Å². The number of nitrogens with zero attached hydrogens (tertiary/aromatic N) is 4. The number of pyridine rings is 3. The van der Waals surface area contributed by atoms with Gasteiger partial charge in [0.1, 0.15) is 0 Å². The van der Waals surface area contributed by atoms with Gasteiger partial charge in [-0.15, -0.1) is 0 Å². The number of fused-ring (bicyclic) bond motifs is 2. The van der Waals surface area contributed by atoms with E-state index in [2.05, 4.69) is 37.9 Å². The number of hydrogen-bond acceptors (Lipinski definition) is 4. The van der Waals surface area contributed by atoms with Gasteiger partial charge in [0, 0.05) is 67.1 Å². The van der Waals surface area contributed by atoms with Crippen LogP contribution in [-0.2, 0) is 26.6 Å². The van der Waals surface area contributed by atoms with E-state index in [-0.39, 0.29) is 5.56 Å². The van der Waals surface area contributed by atoms with Gasteiger partial charge in [-0.05, 0) is 45.3 Å². The van der Waals surface area contributed by atoms with Crippen LogP contribution in [0.15, 0.2) is 45.9 Å². The average molecular weight is 385 g/mol. The van der Waals surface area contributed by atoms with Crippen LogP contribution in [0, 0.1) is 0 Å². The molecule has 0 aromatic carbocycles. The molecule has 24 heavy (non-hydrogen) atoms. The predicted molar refractivity (Wildman–Crippen MR) is 96.7 cm³/mol. The molecule has 0 aliphatic carbocycles. The van der Waals surface area contributed by atoms with E-state index in [9.17, 15) is 4.79 Å². The van der Waals surface area contributed by atoms with Crippen molar-refractivity contribution in [2.45, 2.75) is 19.5 Å². The van der Waals surface area contributed by atoms with Gasteiger partial charge in [-0.25, -0.2) is 9.97 Å². The molecule has 0 atom stereocenters. The zero-order chi connectivity index (χ0) is 16.7. The first-order chi connectivity index (χ1) is 11.6. The fraction of sp³-hybridized carbons (Fsp3) is 0.278. The molecule has 0 amide bonds. The molecule has 0 N–H and O–H groups in total. The maximum absolute atomic E-state index is 11.8. The van der Waals surface area contributed by atoms with Crippen molar-refractivity contribution in [1.82, 2.24) is 19.4 Å². The van der Waals surface area contributed by atoms with E-state index in [1.807, 2.05) is 12.3 Å². The molecule has 5 nitrogen and oxygen atoms in total. The van der Waals surface area contributed by atoms with Crippen molar-refractivity contribution < 1.29 is 0 Å². The summed E-state index contributed by atoms with van der Waals surface area (Å²) in [6, 6.07) is 7.97. The van der Waals surface area contributed by atoms with Gasteiger partial charge in [-0.1, -0.05) is 0 Å². The number of halogens is 1. The van der Waals surface area contributed by atoms with E-state index in [1.165, 1.54) is 5.56 Å². The minimum atomic E-state index is 0.0356. The van der Waals surface area contributed by atoms with E-state index < -0.39 is 0 Å². The second-order valence-electron chi connectivity index (χ2n) is 6.24. The minimum absolute atomic E-state index is 0.0356. The zero-order valence-corrected chi connectivity index (χ0v) is 15.0. The number of rotatable bonds is 2. The van der Waals surface area contributed by atoms with Gasteiger partial charge in [0.15, 0.2) is 5.65 Å². The molecule has 0 radical (unpaired) electrons. The summed E-state index contributed by atoms with van der Waals surface area (Å²) < 4.78 is 2.56. The first kappa shape index (κ1) is 15.5. The highest BCUT2D eigenvalue weighted by Gasteiger charge is 2.19. The van der Waals surface area contributed by atoms with Gasteiger partial charge < -0.3 is 4.57 Å². The molecule has 4 heterocycles. The highest BCUT2D eigenvalue weighted by atomic mass is 79.9. The van der Waals surface area contributed by atoms with Crippen LogP contribution < -0.4 is 5.56 Å². The summed E-state index contributed by atoms with van der Waals surface area (Å²) in [5.74, 6) is 0. The van der Waals surface area contributed by atoms with Crippen molar-refractivity contribution in [3.05, 3.63) is 68.3 Å². The smallest absolute Gasteiger partial charge is 0.250 e. The molecule has 0 unspecified atom stereocenters. The third-order valence-electron chi connectivity index (χ3n) is 4.44. The van der Waals surface area contributed by atoms with E-state index >= 15 is 0 Å². The molecule has 0 fully saturated rings. The number of aromatic nitrogens is 3. The molecule has 1 aliphatic heterocycles. The average Bonchev–Trinajstić information content (AvgIpc) is 2.56. The Bertz CT molecular complexity index is 982. The molecule has 0 saturated carbocycles. The number of hydrogen-bond donors (Lipinski definition) is 0.